The van der Waals surface area contributed by atoms with Gasteiger partial charge in [0.25, 0.3) is 0 Å². The van der Waals surface area contributed by atoms with Gasteiger partial charge < -0.3 is 4.74 Å². The summed E-state index contributed by atoms with van der Waals surface area (Å²) in [5, 5.41) is 0.529. The van der Waals surface area contributed by atoms with Gasteiger partial charge in [-0.3, -0.25) is 9.00 Å². The Morgan fingerprint density at radius 2 is 1.95 bits per heavy atom. The minimum absolute atomic E-state index is 0.0746. The average Bonchev–Trinajstić information content (AvgIpc) is 2.98. The lowest BCUT2D eigenvalue weighted by atomic mass is 9.89. The van der Waals surface area contributed by atoms with Gasteiger partial charge in [0.05, 0.1) is 6.61 Å². The number of ketones is 1. The van der Waals surface area contributed by atoms with Crippen LogP contribution in [-0.2, 0) is 17.2 Å². The van der Waals surface area contributed by atoms with Crippen molar-refractivity contribution in [1.29, 1.82) is 0 Å². The molecule has 2 bridgehead atoms. The van der Waals surface area contributed by atoms with Gasteiger partial charge >= 0.3 is 0 Å². The summed E-state index contributed by atoms with van der Waals surface area (Å²) in [6.45, 7) is 0.722. The van der Waals surface area contributed by atoms with E-state index in [1.165, 1.54) is 0 Å². The van der Waals surface area contributed by atoms with Crippen LogP contribution >= 0.6 is 0 Å². The van der Waals surface area contributed by atoms with Crippen molar-refractivity contribution >= 4 is 16.6 Å². The molecule has 0 N–H and O–H groups in total. The second-order valence-corrected chi connectivity index (χ2v) is 8.09. The summed E-state index contributed by atoms with van der Waals surface area (Å²) >= 11 is 0. The highest BCUT2D eigenvalue weighted by Crippen LogP contribution is 2.40. The molecule has 0 aromatic heterocycles. The van der Waals surface area contributed by atoms with Gasteiger partial charge in [0, 0.05) is 39.2 Å². The predicted octanol–water partition coefficient (Wildman–Crippen LogP) is 2.49. The van der Waals surface area contributed by atoms with Gasteiger partial charge in [0.15, 0.2) is 5.78 Å². The minimum atomic E-state index is -0.684. The molecule has 2 fully saturated rings. The van der Waals surface area contributed by atoms with Crippen LogP contribution in [0, 0.1) is 5.92 Å². The molecule has 0 saturated carbocycles. The number of rotatable bonds is 2. The zero-order valence-electron chi connectivity index (χ0n) is 11.3. The molecule has 0 radical (unpaired) electrons. The molecule has 3 heterocycles. The van der Waals surface area contributed by atoms with Gasteiger partial charge in [-0.2, -0.15) is 0 Å². The number of carbonyl (C=O) groups excluding carboxylic acids is 1. The van der Waals surface area contributed by atoms with Crippen LogP contribution in [0.15, 0.2) is 18.2 Å². The Morgan fingerprint density at radius 3 is 2.70 bits per heavy atom. The van der Waals surface area contributed by atoms with Gasteiger partial charge in [0.1, 0.15) is 5.75 Å². The molecule has 3 aliphatic rings. The lowest BCUT2D eigenvalue weighted by molar-refractivity contribution is 0.0906. The summed E-state index contributed by atoms with van der Waals surface area (Å²) < 4.78 is 17.5. The molecule has 2 atom stereocenters. The minimum Gasteiger partial charge on any atom is -0.493 e. The average molecular weight is 290 g/mol. The van der Waals surface area contributed by atoms with Crippen LogP contribution in [-0.4, -0.2) is 27.1 Å². The summed E-state index contributed by atoms with van der Waals surface area (Å²) in [6, 6.07) is 5.81. The van der Waals surface area contributed by atoms with Crippen molar-refractivity contribution < 1.29 is 13.7 Å². The van der Waals surface area contributed by atoms with E-state index < -0.39 is 10.8 Å². The third kappa shape index (κ3) is 1.93. The first-order valence-electron chi connectivity index (χ1n) is 7.41. The highest BCUT2D eigenvalue weighted by molar-refractivity contribution is 7.86. The number of ether oxygens (including phenoxy) is 1. The summed E-state index contributed by atoms with van der Waals surface area (Å²) in [6.07, 6.45) is 4.61. The van der Waals surface area contributed by atoms with Crippen LogP contribution in [0.25, 0.3) is 0 Å². The van der Waals surface area contributed by atoms with Crippen LogP contribution in [0.1, 0.15) is 41.6 Å². The fourth-order valence-electron chi connectivity index (χ4n) is 3.82. The number of carbonyl (C=O) groups is 1. The predicted molar refractivity (Wildman–Crippen MR) is 77.6 cm³/mol. The maximum absolute atomic E-state index is 12.7. The van der Waals surface area contributed by atoms with Crippen LogP contribution in [0.4, 0.5) is 0 Å². The molecule has 0 aliphatic carbocycles. The number of benzene rings is 1. The molecule has 3 aliphatic heterocycles. The maximum atomic E-state index is 12.7. The molecule has 20 heavy (non-hydrogen) atoms. The smallest absolute Gasteiger partial charge is 0.166 e. The lowest BCUT2D eigenvalue weighted by Gasteiger charge is -2.26. The van der Waals surface area contributed by atoms with Crippen LogP contribution in [0.5, 0.6) is 5.75 Å². The van der Waals surface area contributed by atoms with E-state index in [2.05, 4.69) is 0 Å². The molecule has 106 valence electrons. The van der Waals surface area contributed by atoms with Gasteiger partial charge in [0.2, 0.25) is 0 Å². The third-order valence-electron chi connectivity index (χ3n) is 4.91. The van der Waals surface area contributed by atoms with Gasteiger partial charge in [-0.05, 0) is 49.4 Å². The number of fused-ring (bicyclic) bond motifs is 3. The number of hydrogen-bond acceptors (Lipinski definition) is 3. The largest absolute Gasteiger partial charge is 0.493 e. The number of hydrogen-bond donors (Lipinski definition) is 0. The Kier molecular flexibility index (Phi) is 2.95. The summed E-state index contributed by atoms with van der Waals surface area (Å²) in [7, 11) is -0.684. The number of Topliss-reactive ketones (excluding diaryl/α,β-unsaturated/α-hetero) is 1. The van der Waals surface area contributed by atoms with Crippen molar-refractivity contribution in [3.05, 3.63) is 29.3 Å². The van der Waals surface area contributed by atoms with Gasteiger partial charge in [-0.1, -0.05) is 0 Å². The second kappa shape index (κ2) is 4.69. The quantitative estimate of drug-likeness (QED) is 0.786. The van der Waals surface area contributed by atoms with Crippen molar-refractivity contribution in [3.63, 3.8) is 0 Å². The molecular weight excluding hydrogens is 272 g/mol. The highest BCUT2D eigenvalue weighted by Gasteiger charge is 2.42. The SMILES string of the molecule is O=C(c1ccc2c(c1)CCO2)C1CC2CCC(C1)S2=O. The monoisotopic (exact) mass is 290 g/mol. The summed E-state index contributed by atoms with van der Waals surface area (Å²) in [5.74, 6) is 1.24. The first-order chi connectivity index (χ1) is 9.72. The van der Waals surface area contributed by atoms with Crippen molar-refractivity contribution in [2.45, 2.75) is 42.6 Å². The Labute approximate surface area is 121 Å². The van der Waals surface area contributed by atoms with E-state index in [0.717, 1.165) is 55.6 Å². The van der Waals surface area contributed by atoms with E-state index >= 15 is 0 Å². The summed E-state index contributed by atoms with van der Waals surface area (Å²) in [5.41, 5.74) is 1.96. The van der Waals surface area contributed by atoms with E-state index in [0.29, 0.717) is 0 Å². The molecule has 3 nitrogen and oxygen atoms in total. The lowest BCUT2D eigenvalue weighted by Crippen LogP contribution is -2.32. The van der Waals surface area contributed by atoms with E-state index in [9.17, 15) is 9.00 Å². The van der Waals surface area contributed by atoms with Crippen molar-refractivity contribution in [3.8, 4) is 5.75 Å². The van der Waals surface area contributed by atoms with E-state index in [1.54, 1.807) is 0 Å². The topological polar surface area (TPSA) is 43.4 Å². The van der Waals surface area contributed by atoms with Crippen molar-refractivity contribution in [2.24, 2.45) is 5.92 Å². The molecular formula is C16H18O3S. The van der Waals surface area contributed by atoms with Crippen molar-refractivity contribution in [1.82, 2.24) is 0 Å². The second-order valence-electron chi connectivity index (χ2n) is 6.10. The van der Waals surface area contributed by atoms with Crippen LogP contribution in [0.3, 0.4) is 0 Å². The van der Waals surface area contributed by atoms with Crippen LogP contribution in [0.2, 0.25) is 0 Å². The molecule has 1 aromatic carbocycles. The van der Waals surface area contributed by atoms with E-state index in [1.807, 2.05) is 18.2 Å². The zero-order chi connectivity index (χ0) is 13.7. The highest BCUT2D eigenvalue weighted by atomic mass is 32.2. The first-order valence-corrected chi connectivity index (χ1v) is 8.69. The molecule has 2 saturated heterocycles. The van der Waals surface area contributed by atoms with Crippen molar-refractivity contribution in [2.75, 3.05) is 6.61 Å². The Morgan fingerprint density at radius 1 is 1.20 bits per heavy atom. The zero-order valence-corrected chi connectivity index (χ0v) is 12.2. The molecule has 1 aromatic rings. The summed E-state index contributed by atoms with van der Waals surface area (Å²) in [4.78, 5) is 12.7. The Balaban J connectivity index is 1.57. The fourth-order valence-corrected chi connectivity index (χ4v) is 5.95. The third-order valence-corrected chi connectivity index (χ3v) is 7.08. The van der Waals surface area contributed by atoms with Gasteiger partial charge in [-0.25, -0.2) is 0 Å². The molecule has 0 spiro atoms. The van der Waals surface area contributed by atoms with Crippen LogP contribution < -0.4 is 4.74 Å². The molecule has 4 rings (SSSR count). The molecule has 2 unspecified atom stereocenters. The first kappa shape index (κ1) is 12.6. The Bertz CT molecular complexity index is 579. The normalized spacial score (nSPS) is 34.6. The Hall–Kier alpha value is -1.16. The van der Waals surface area contributed by atoms with E-state index in [4.69, 9.17) is 4.74 Å². The maximum Gasteiger partial charge on any atom is 0.166 e. The molecule has 4 heteroatoms. The molecule has 0 amide bonds. The van der Waals surface area contributed by atoms with Gasteiger partial charge in [-0.15, -0.1) is 0 Å². The fraction of sp³-hybridized carbons (Fsp3) is 0.562. The standard InChI is InChI=1S/C16H18O3S/c17-16(11-1-4-15-10(7-11)5-6-19-15)12-8-13-2-3-14(9-12)20(13)18/h1,4,7,12-14H,2-3,5-6,8-9H2. The van der Waals surface area contributed by atoms with E-state index in [-0.39, 0.29) is 22.2 Å².